The van der Waals surface area contributed by atoms with E-state index in [0.717, 1.165) is 16.2 Å². The maximum Gasteiger partial charge on any atom is 0.231 e. The first-order valence-electron chi connectivity index (χ1n) is 7.86. The Kier molecular flexibility index (Phi) is 6.09. The largest absolute Gasteiger partial charge is 0.343 e. The van der Waals surface area contributed by atoms with E-state index < -0.39 is 0 Å². The van der Waals surface area contributed by atoms with Crippen molar-refractivity contribution in [2.75, 3.05) is 5.75 Å². The molecule has 3 nitrogen and oxygen atoms in total. The molecule has 0 saturated heterocycles. The SMILES string of the molecule is O=C(CSc1ccc(Cl)cc1)NC(c1ccccc1)c1ccccn1. The smallest absolute Gasteiger partial charge is 0.231 e. The van der Waals surface area contributed by atoms with Crippen LogP contribution in [-0.2, 0) is 4.79 Å². The second-order valence-corrected chi connectivity index (χ2v) is 6.89. The predicted octanol–water partition coefficient (Wildman–Crippen LogP) is 4.73. The first-order chi connectivity index (χ1) is 12.2. The first kappa shape index (κ1) is 17.5. The number of nitrogens with one attached hydrogen (secondary N) is 1. The maximum absolute atomic E-state index is 12.5. The van der Waals surface area contributed by atoms with Gasteiger partial charge in [-0.2, -0.15) is 0 Å². The standard InChI is InChI=1S/C20H17ClN2OS/c21-16-9-11-17(12-10-16)25-14-19(24)23-20(15-6-2-1-3-7-15)18-8-4-5-13-22-18/h1-13,20H,14H2,(H,23,24). The number of hydrogen-bond acceptors (Lipinski definition) is 3. The minimum absolute atomic E-state index is 0.0422. The van der Waals surface area contributed by atoms with E-state index >= 15 is 0 Å². The number of nitrogens with zero attached hydrogens (tertiary/aromatic N) is 1. The molecule has 0 bridgehead atoms. The molecule has 1 atom stereocenters. The quantitative estimate of drug-likeness (QED) is 0.639. The third-order valence-corrected chi connectivity index (χ3v) is 4.87. The van der Waals surface area contributed by atoms with Gasteiger partial charge in [0.05, 0.1) is 17.5 Å². The van der Waals surface area contributed by atoms with Gasteiger partial charge in [-0.25, -0.2) is 0 Å². The molecule has 3 rings (SSSR count). The van der Waals surface area contributed by atoms with Crippen molar-refractivity contribution in [2.24, 2.45) is 0 Å². The number of aromatic nitrogens is 1. The lowest BCUT2D eigenvalue weighted by molar-refractivity contribution is -0.119. The molecule has 0 aliphatic heterocycles. The monoisotopic (exact) mass is 368 g/mol. The minimum atomic E-state index is -0.263. The minimum Gasteiger partial charge on any atom is -0.343 e. The lowest BCUT2D eigenvalue weighted by Crippen LogP contribution is -2.31. The van der Waals surface area contributed by atoms with E-state index in [9.17, 15) is 4.79 Å². The van der Waals surface area contributed by atoms with E-state index in [1.54, 1.807) is 6.20 Å². The molecule has 25 heavy (non-hydrogen) atoms. The van der Waals surface area contributed by atoms with Crippen molar-refractivity contribution in [3.63, 3.8) is 0 Å². The predicted molar refractivity (Wildman–Crippen MR) is 103 cm³/mol. The average Bonchev–Trinajstić information content (AvgIpc) is 2.67. The van der Waals surface area contributed by atoms with Crippen molar-refractivity contribution in [1.29, 1.82) is 0 Å². The number of carbonyl (C=O) groups is 1. The van der Waals surface area contributed by atoms with Crippen LogP contribution in [0.1, 0.15) is 17.3 Å². The molecule has 1 amide bonds. The highest BCUT2D eigenvalue weighted by atomic mass is 35.5. The lowest BCUT2D eigenvalue weighted by Gasteiger charge is -2.18. The van der Waals surface area contributed by atoms with Crippen molar-refractivity contribution in [3.05, 3.63) is 95.3 Å². The second-order valence-electron chi connectivity index (χ2n) is 5.41. The van der Waals surface area contributed by atoms with E-state index in [4.69, 9.17) is 11.6 Å². The van der Waals surface area contributed by atoms with E-state index in [1.165, 1.54) is 11.8 Å². The van der Waals surface area contributed by atoms with Crippen LogP contribution >= 0.6 is 23.4 Å². The Morgan fingerprint density at radius 3 is 2.40 bits per heavy atom. The van der Waals surface area contributed by atoms with Gasteiger partial charge in [-0.15, -0.1) is 11.8 Å². The summed E-state index contributed by atoms with van der Waals surface area (Å²) in [6.45, 7) is 0. The maximum atomic E-state index is 12.5. The van der Waals surface area contributed by atoms with Crippen LogP contribution in [0.5, 0.6) is 0 Å². The summed E-state index contributed by atoms with van der Waals surface area (Å²) in [6, 6.07) is 22.8. The number of amides is 1. The zero-order valence-corrected chi connectivity index (χ0v) is 15.0. The van der Waals surface area contributed by atoms with E-state index in [2.05, 4.69) is 10.3 Å². The molecule has 0 spiro atoms. The average molecular weight is 369 g/mol. The van der Waals surface area contributed by atoms with Crippen molar-refractivity contribution < 1.29 is 4.79 Å². The zero-order valence-electron chi connectivity index (χ0n) is 13.4. The topological polar surface area (TPSA) is 42.0 Å². The van der Waals surface area contributed by atoms with Gasteiger partial charge in [0.25, 0.3) is 0 Å². The molecule has 0 aliphatic rings. The van der Waals surface area contributed by atoms with Crippen LogP contribution in [0.3, 0.4) is 0 Å². The molecule has 1 unspecified atom stereocenters. The molecule has 3 aromatic rings. The highest BCUT2D eigenvalue weighted by Crippen LogP contribution is 2.22. The molecule has 0 fully saturated rings. The van der Waals surface area contributed by atoms with Gasteiger partial charge in [-0.3, -0.25) is 9.78 Å². The number of benzene rings is 2. The van der Waals surface area contributed by atoms with E-state index in [-0.39, 0.29) is 11.9 Å². The Balaban J connectivity index is 1.69. The van der Waals surface area contributed by atoms with Crippen molar-refractivity contribution >= 4 is 29.3 Å². The zero-order chi connectivity index (χ0) is 17.5. The normalized spacial score (nSPS) is 11.7. The molecule has 0 aliphatic carbocycles. The van der Waals surface area contributed by atoms with Gasteiger partial charge in [-0.1, -0.05) is 48.0 Å². The number of carbonyl (C=O) groups excluding carboxylic acids is 1. The van der Waals surface area contributed by atoms with Crippen LogP contribution in [0.15, 0.2) is 83.9 Å². The number of hydrogen-bond donors (Lipinski definition) is 1. The Bertz CT molecular complexity index is 771. The summed E-state index contributed by atoms with van der Waals surface area (Å²) in [5, 5.41) is 3.77. The molecule has 5 heteroatoms. The first-order valence-corrected chi connectivity index (χ1v) is 9.22. The number of pyridine rings is 1. The summed E-state index contributed by atoms with van der Waals surface area (Å²) in [5.41, 5.74) is 1.82. The fourth-order valence-electron chi connectivity index (χ4n) is 2.40. The molecule has 1 aromatic heterocycles. The van der Waals surface area contributed by atoms with E-state index in [0.29, 0.717) is 10.8 Å². The summed E-state index contributed by atoms with van der Waals surface area (Å²) < 4.78 is 0. The Morgan fingerprint density at radius 2 is 1.72 bits per heavy atom. The molecule has 126 valence electrons. The van der Waals surface area contributed by atoms with Crippen LogP contribution in [0, 0.1) is 0 Å². The molecular weight excluding hydrogens is 352 g/mol. The fourth-order valence-corrected chi connectivity index (χ4v) is 3.24. The number of rotatable bonds is 6. The molecule has 2 aromatic carbocycles. The van der Waals surface area contributed by atoms with Gasteiger partial charge in [0.2, 0.25) is 5.91 Å². The summed E-state index contributed by atoms with van der Waals surface area (Å²) >= 11 is 7.36. The van der Waals surface area contributed by atoms with Crippen molar-refractivity contribution in [3.8, 4) is 0 Å². The Labute approximate surface area is 156 Å². The molecule has 0 radical (unpaired) electrons. The molecule has 1 heterocycles. The number of thioether (sulfide) groups is 1. The highest BCUT2D eigenvalue weighted by Gasteiger charge is 2.17. The summed E-state index contributed by atoms with van der Waals surface area (Å²) in [7, 11) is 0. The summed E-state index contributed by atoms with van der Waals surface area (Å²) in [5.74, 6) is 0.289. The molecular formula is C20H17ClN2OS. The van der Waals surface area contributed by atoms with Crippen LogP contribution < -0.4 is 5.32 Å². The van der Waals surface area contributed by atoms with Gasteiger partial charge in [0, 0.05) is 16.1 Å². The van der Waals surface area contributed by atoms with Crippen LogP contribution in [-0.4, -0.2) is 16.6 Å². The Morgan fingerprint density at radius 1 is 1.00 bits per heavy atom. The fraction of sp³-hybridized carbons (Fsp3) is 0.100. The van der Waals surface area contributed by atoms with E-state index in [1.807, 2.05) is 72.8 Å². The van der Waals surface area contributed by atoms with Crippen LogP contribution in [0.25, 0.3) is 0 Å². The second kappa shape index (κ2) is 8.70. The van der Waals surface area contributed by atoms with Crippen molar-refractivity contribution in [1.82, 2.24) is 10.3 Å². The van der Waals surface area contributed by atoms with Crippen LogP contribution in [0.4, 0.5) is 0 Å². The summed E-state index contributed by atoms with van der Waals surface area (Å²) in [6.07, 6.45) is 1.74. The van der Waals surface area contributed by atoms with Gasteiger partial charge in [-0.05, 0) is 42.0 Å². The van der Waals surface area contributed by atoms with Gasteiger partial charge >= 0.3 is 0 Å². The van der Waals surface area contributed by atoms with Gasteiger partial charge in [0.1, 0.15) is 0 Å². The summed E-state index contributed by atoms with van der Waals surface area (Å²) in [4.78, 5) is 17.9. The van der Waals surface area contributed by atoms with Gasteiger partial charge < -0.3 is 5.32 Å². The Hall–Kier alpha value is -2.30. The number of halogens is 1. The van der Waals surface area contributed by atoms with Crippen molar-refractivity contribution in [2.45, 2.75) is 10.9 Å². The molecule has 0 saturated carbocycles. The van der Waals surface area contributed by atoms with Gasteiger partial charge in [0.15, 0.2) is 0 Å². The lowest BCUT2D eigenvalue weighted by atomic mass is 10.0. The third kappa shape index (κ3) is 5.08. The third-order valence-electron chi connectivity index (χ3n) is 3.61. The van der Waals surface area contributed by atoms with Crippen LogP contribution in [0.2, 0.25) is 5.02 Å². The molecule has 1 N–H and O–H groups in total. The highest BCUT2D eigenvalue weighted by molar-refractivity contribution is 8.00.